The van der Waals surface area contributed by atoms with Gasteiger partial charge in [-0.2, -0.15) is 11.8 Å². The summed E-state index contributed by atoms with van der Waals surface area (Å²) < 4.78 is 0. The van der Waals surface area contributed by atoms with Crippen molar-refractivity contribution >= 4 is 34.0 Å². The monoisotopic (exact) mass is 273 g/mol. The largest absolute Gasteiger partial charge is 0.399 e. The molecular weight excluding hydrogens is 254 g/mol. The number of anilines is 2. The van der Waals surface area contributed by atoms with E-state index in [0.717, 1.165) is 30.0 Å². The molecule has 1 unspecified atom stereocenters. The first-order valence-corrected chi connectivity index (χ1v) is 7.72. The quantitative estimate of drug-likeness (QED) is 0.811. The van der Waals surface area contributed by atoms with Crippen LogP contribution in [0.2, 0.25) is 0 Å². The van der Waals surface area contributed by atoms with Crippen LogP contribution in [0.3, 0.4) is 0 Å². The number of hydrogen-bond donors (Lipinski definition) is 1. The molecule has 4 heteroatoms. The number of nitrogens with two attached hydrogens (primary N) is 1. The standard InChI is InChI=1S/C15H19N3S/c1-10-7-15(18-5-6-19-11(2)9-18)13-8-12(16)3-4-14(13)17-10/h3-4,7-8,11H,5-6,9,16H2,1-2H3. The van der Waals surface area contributed by atoms with Gasteiger partial charge in [-0.1, -0.05) is 6.92 Å². The van der Waals surface area contributed by atoms with E-state index < -0.39 is 0 Å². The lowest BCUT2D eigenvalue weighted by molar-refractivity contribution is 0.785. The Hall–Kier alpha value is -1.42. The van der Waals surface area contributed by atoms with Crippen LogP contribution in [0.1, 0.15) is 12.6 Å². The van der Waals surface area contributed by atoms with Crippen molar-refractivity contribution in [1.82, 2.24) is 4.98 Å². The number of aryl methyl sites for hydroxylation is 1. The Balaban J connectivity index is 2.13. The van der Waals surface area contributed by atoms with E-state index >= 15 is 0 Å². The van der Waals surface area contributed by atoms with E-state index in [2.05, 4.69) is 29.8 Å². The predicted octanol–water partition coefficient (Wildman–Crippen LogP) is 3.07. The van der Waals surface area contributed by atoms with E-state index in [0.29, 0.717) is 5.25 Å². The maximum atomic E-state index is 5.94. The predicted molar refractivity (Wildman–Crippen MR) is 85.0 cm³/mol. The number of thioether (sulfide) groups is 1. The molecule has 1 aliphatic heterocycles. The lowest BCUT2D eigenvalue weighted by Crippen LogP contribution is -2.36. The van der Waals surface area contributed by atoms with Crippen LogP contribution in [0.15, 0.2) is 24.3 Å². The molecule has 1 aliphatic rings. The van der Waals surface area contributed by atoms with Crippen LogP contribution >= 0.6 is 11.8 Å². The van der Waals surface area contributed by atoms with Gasteiger partial charge < -0.3 is 10.6 Å². The number of fused-ring (bicyclic) bond motifs is 1. The molecule has 3 nitrogen and oxygen atoms in total. The molecule has 0 spiro atoms. The minimum Gasteiger partial charge on any atom is -0.399 e. The Bertz CT molecular complexity index is 612. The molecule has 1 atom stereocenters. The van der Waals surface area contributed by atoms with Crippen LogP contribution in [0.4, 0.5) is 11.4 Å². The maximum absolute atomic E-state index is 5.94. The summed E-state index contributed by atoms with van der Waals surface area (Å²) in [6.07, 6.45) is 0. The number of pyridine rings is 1. The molecule has 2 N–H and O–H groups in total. The van der Waals surface area contributed by atoms with Gasteiger partial charge in [0.25, 0.3) is 0 Å². The van der Waals surface area contributed by atoms with Gasteiger partial charge in [-0.15, -0.1) is 0 Å². The molecule has 1 fully saturated rings. The second-order valence-corrected chi connectivity index (χ2v) is 6.73. The maximum Gasteiger partial charge on any atom is 0.0727 e. The third kappa shape index (κ3) is 2.50. The average Bonchev–Trinajstić information content (AvgIpc) is 2.38. The van der Waals surface area contributed by atoms with Gasteiger partial charge in [0, 0.05) is 46.5 Å². The van der Waals surface area contributed by atoms with Crippen LogP contribution in [-0.2, 0) is 0 Å². The van der Waals surface area contributed by atoms with Crippen molar-refractivity contribution < 1.29 is 0 Å². The van der Waals surface area contributed by atoms with Gasteiger partial charge in [0.15, 0.2) is 0 Å². The van der Waals surface area contributed by atoms with Crippen molar-refractivity contribution in [2.45, 2.75) is 19.1 Å². The summed E-state index contributed by atoms with van der Waals surface area (Å²) in [6, 6.07) is 8.17. The number of benzene rings is 1. The highest BCUT2D eigenvalue weighted by Crippen LogP contribution is 2.31. The molecule has 19 heavy (non-hydrogen) atoms. The Kier molecular flexibility index (Phi) is 3.27. The summed E-state index contributed by atoms with van der Waals surface area (Å²) in [4.78, 5) is 7.07. The molecule has 1 aromatic carbocycles. The molecule has 0 saturated carbocycles. The lowest BCUT2D eigenvalue weighted by atomic mass is 10.1. The van der Waals surface area contributed by atoms with E-state index in [1.165, 1.54) is 16.8 Å². The Morgan fingerprint density at radius 1 is 1.37 bits per heavy atom. The smallest absolute Gasteiger partial charge is 0.0727 e. The zero-order valence-electron chi connectivity index (χ0n) is 11.4. The second kappa shape index (κ2) is 4.93. The van der Waals surface area contributed by atoms with Gasteiger partial charge in [-0.3, -0.25) is 4.98 Å². The summed E-state index contributed by atoms with van der Waals surface area (Å²) in [6.45, 7) is 6.54. The first-order valence-electron chi connectivity index (χ1n) is 6.67. The molecule has 2 heterocycles. The van der Waals surface area contributed by atoms with E-state index in [4.69, 9.17) is 5.73 Å². The summed E-state index contributed by atoms with van der Waals surface area (Å²) in [5.74, 6) is 1.19. The highest BCUT2D eigenvalue weighted by molar-refractivity contribution is 8.00. The van der Waals surface area contributed by atoms with E-state index in [-0.39, 0.29) is 0 Å². The third-order valence-electron chi connectivity index (χ3n) is 3.52. The van der Waals surface area contributed by atoms with Crippen LogP contribution in [0.5, 0.6) is 0 Å². The molecule has 0 bridgehead atoms. The van der Waals surface area contributed by atoms with Gasteiger partial charge in [0.05, 0.1) is 5.52 Å². The normalized spacial score (nSPS) is 19.9. The summed E-state index contributed by atoms with van der Waals surface area (Å²) in [7, 11) is 0. The number of hydrogen-bond acceptors (Lipinski definition) is 4. The Morgan fingerprint density at radius 2 is 2.21 bits per heavy atom. The van der Waals surface area contributed by atoms with Gasteiger partial charge in [0.2, 0.25) is 0 Å². The number of nitrogens with zero attached hydrogens (tertiary/aromatic N) is 2. The fraction of sp³-hybridized carbons (Fsp3) is 0.400. The SMILES string of the molecule is Cc1cc(N2CCSC(C)C2)c2cc(N)ccc2n1. The van der Waals surface area contributed by atoms with E-state index in [1.807, 2.05) is 30.0 Å². The highest BCUT2D eigenvalue weighted by Gasteiger charge is 2.19. The number of aromatic nitrogens is 1. The minimum atomic E-state index is 0.679. The molecule has 2 aromatic rings. The molecule has 3 rings (SSSR count). The zero-order valence-corrected chi connectivity index (χ0v) is 12.2. The van der Waals surface area contributed by atoms with Crippen molar-refractivity contribution in [1.29, 1.82) is 0 Å². The van der Waals surface area contributed by atoms with Gasteiger partial charge in [0.1, 0.15) is 0 Å². The summed E-state index contributed by atoms with van der Waals surface area (Å²) >= 11 is 2.05. The zero-order chi connectivity index (χ0) is 13.4. The lowest BCUT2D eigenvalue weighted by Gasteiger charge is -2.33. The van der Waals surface area contributed by atoms with Crippen molar-refractivity contribution in [3.8, 4) is 0 Å². The Morgan fingerprint density at radius 3 is 3.00 bits per heavy atom. The van der Waals surface area contributed by atoms with E-state index in [9.17, 15) is 0 Å². The van der Waals surface area contributed by atoms with Crippen LogP contribution in [0.25, 0.3) is 10.9 Å². The molecule has 1 aromatic heterocycles. The third-order valence-corrected chi connectivity index (χ3v) is 4.66. The summed E-state index contributed by atoms with van der Waals surface area (Å²) in [5, 5.41) is 1.85. The van der Waals surface area contributed by atoms with Gasteiger partial charge >= 0.3 is 0 Å². The molecular formula is C15H19N3S. The fourth-order valence-corrected chi connectivity index (χ4v) is 3.67. The van der Waals surface area contributed by atoms with Gasteiger partial charge in [-0.05, 0) is 31.2 Å². The number of rotatable bonds is 1. The molecule has 1 saturated heterocycles. The number of nitrogen functional groups attached to an aromatic ring is 1. The first-order chi connectivity index (χ1) is 9.13. The van der Waals surface area contributed by atoms with Crippen LogP contribution in [0, 0.1) is 6.92 Å². The highest BCUT2D eigenvalue weighted by atomic mass is 32.2. The molecule has 0 amide bonds. The van der Waals surface area contributed by atoms with Crippen molar-refractivity contribution in [2.24, 2.45) is 0 Å². The first kappa shape index (κ1) is 12.6. The summed E-state index contributed by atoms with van der Waals surface area (Å²) in [5.41, 5.74) is 10.1. The van der Waals surface area contributed by atoms with Crippen LogP contribution in [-0.4, -0.2) is 29.1 Å². The molecule has 0 radical (unpaired) electrons. The second-order valence-electron chi connectivity index (χ2n) is 5.19. The molecule has 0 aliphatic carbocycles. The van der Waals surface area contributed by atoms with Crippen molar-refractivity contribution in [3.05, 3.63) is 30.0 Å². The fourth-order valence-electron chi connectivity index (χ4n) is 2.65. The van der Waals surface area contributed by atoms with Gasteiger partial charge in [-0.25, -0.2) is 0 Å². The topological polar surface area (TPSA) is 42.1 Å². The van der Waals surface area contributed by atoms with Crippen molar-refractivity contribution in [3.63, 3.8) is 0 Å². The molecule has 100 valence electrons. The van der Waals surface area contributed by atoms with Crippen molar-refractivity contribution in [2.75, 3.05) is 29.5 Å². The van der Waals surface area contributed by atoms with E-state index in [1.54, 1.807) is 0 Å². The van der Waals surface area contributed by atoms with Crippen LogP contribution < -0.4 is 10.6 Å². The average molecular weight is 273 g/mol. The minimum absolute atomic E-state index is 0.679. The Labute approximate surface area is 118 Å².